The zero-order valence-corrected chi connectivity index (χ0v) is 22.0. The van der Waals surface area contributed by atoms with Gasteiger partial charge in [0, 0.05) is 22.9 Å². The lowest BCUT2D eigenvalue weighted by Crippen LogP contribution is -2.08. The van der Waals surface area contributed by atoms with Gasteiger partial charge in [-0.05, 0) is 53.6 Å². The molecule has 7 heteroatoms. The predicted molar refractivity (Wildman–Crippen MR) is 148 cm³/mol. The Morgan fingerprint density at radius 2 is 1.81 bits per heavy atom. The van der Waals surface area contributed by atoms with E-state index in [1.165, 1.54) is 11.9 Å². The van der Waals surface area contributed by atoms with Gasteiger partial charge in [-0.3, -0.25) is 4.79 Å². The maximum atomic E-state index is 13.0. The lowest BCUT2D eigenvalue weighted by molar-refractivity contribution is 0.0926. The molecule has 0 fully saturated rings. The number of aromatic nitrogens is 3. The van der Waals surface area contributed by atoms with Gasteiger partial charge in [-0.15, -0.1) is 0 Å². The van der Waals surface area contributed by atoms with Crippen LogP contribution in [0, 0.1) is 0 Å². The SMILES string of the molecule is C=S(C)CCOCn1ccc2c(CC(=O)c3ccc(OCc4ccc(C(C)C)cc4)cc3)ncnc21. The van der Waals surface area contributed by atoms with Gasteiger partial charge in [0.05, 0.1) is 18.7 Å². The summed E-state index contributed by atoms with van der Waals surface area (Å²) >= 11 is 0. The van der Waals surface area contributed by atoms with Crippen molar-refractivity contribution >= 4 is 33.2 Å². The molecule has 2 aromatic heterocycles. The molecule has 0 aliphatic rings. The fourth-order valence-electron chi connectivity index (χ4n) is 3.82. The summed E-state index contributed by atoms with van der Waals surface area (Å²) < 4.78 is 13.6. The molecule has 0 radical (unpaired) electrons. The molecule has 1 unspecified atom stereocenters. The number of rotatable bonds is 12. The van der Waals surface area contributed by atoms with Crippen molar-refractivity contribution in [2.45, 2.75) is 39.5 Å². The maximum Gasteiger partial charge on any atom is 0.168 e. The third kappa shape index (κ3) is 6.68. The Bertz CT molecular complexity index is 1330. The van der Waals surface area contributed by atoms with Crippen LogP contribution in [0.1, 0.15) is 46.9 Å². The summed E-state index contributed by atoms with van der Waals surface area (Å²) in [6.07, 6.45) is 5.72. The highest BCUT2D eigenvalue weighted by Crippen LogP contribution is 2.21. The number of fused-ring (bicyclic) bond motifs is 1. The number of Topliss-reactive ketones (excluding diaryl/α,β-unsaturated/α-hetero) is 1. The lowest BCUT2D eigenvalue weighted by atomic mass is 10.0. The normalized spacial score (nSPS) is 12.2. The molecule has 0 aliphatic heterocycles. The Morgan fingerprint density at radius 3 is 2.50 bits per heavy atom. The zero-order chi connectivity index (χ0) is 25.5. The van der Waals surface area contributed by atoms with Gasteiger partial charge in [0.25, 0.3) is 0 Å². The van der Waals surface area contributed by atoms with Crippen LogP contribution in [-0.4, -0.2) is 44.8 Å². The molecule has 0 aliphatic carbocycles. The van der Waals surface area contributed by atoms with Crippen LogP contribution in [0.4, 0.5) is 0 Å². The molecule has 0 N–H and O–H groups in total. The lowest BCUT2D eigenvalue weighted by Gasteiger charge is -2.09. The number of nitrogens with zero attached hydrogens (tertiary/aromatic N) is 3. The fraction of sp³-hybridized carbons (Fsp3) is 0.310. The summed E-state index contributed by atoms with van der Waals surface area (Å²) in [6, 6.07) is 17.7. The Balaban J connectivity index is 1.35. The molecule has 36 heavy (non-hydrogen) atoms. The van der Waals surface area contributed by atoms with Crippen LogP contribution >= 0.6 is 10.5 Å². The van der Waals surface area contributed by atoms with E-state index in [2.05, 4.69) is 60.2 Å². The quantitative estimate of drug-likeness (QED) is 0.138. The minimum absolute atomic E-state index is 0.000231. The van der Waals surface area contributed by atoms with Gasteiger partial charge in [0.15, 0.2) is 5.78 Å². The van der Waals surface area contributed by atoms with E-state index in [9.17, 15) is 4.79 Å². The van der Waals surface area contributed by atoms with Crippen molar-refractivity contribution in [1.82, 2.24) is 14.5 Å². The fourth-order valence-corrected chi connectivity index (χ4v) is 4.22. The van der Waals surface area contributed by atoms with Crippen LogP contribution in [0.25, 0.3) is 11.0 Å². The molecule has 0 saturated carbocycles. The van der Waals surface area contributed by atoms with Crippen LogP contribution in [-0.2, 0) is 24.5 Å². The van der Waals surface area contributed by atoms with E-state index in [4.69, 9.17) is 9.47 Å². The van der Waals surface area contributed by atoms with Crippen LogP contribution < -0.4 is 4.74 Å². The molecule has 188 valence electrons. The topological polar surface area (TPSA) is 66.2 Å². The highest BCUT2D eigenvalue weighted by molar-refractivity contribution is 8.13. The van der Waals surface area contributed by atoms with Gasteiger partial charge in [0.2, 0.25) is 0 Å². The van der Waals surface area contributed by atoms with Gasteiger partial charge in [-0.25, -0.2) is 9.97 Å². The van der Waals surface area contributed by atoms with Gasteiger partial charge in [-0.1, -0.05) is 44.0 Å². The molecule has 4 aromatic rings. The van der Waals surface area contributed by atoms with Crippen molar-refractivity contribution in [1.29, 1.82) is 0 Å². The molecule has 0 bridgehead atoms. The minimum Gasteiger partial charge on any atom is -0.489 e. The van der Waals surface area contributed by atoms with E-state index in [1.807, 2.05) is 29.0 Å². The van der Waals surface area contributed by atoms with Crippen molar-refractivity contribution < 1.29 is 14.3 Å². The second kappa shape index (κ2) is 12.1. The van der Waals surface area contributed by atoms with Crippen molar-refractivity contribution in [3.05, 3.63) is 89.5 Å². The molecule has 2 heterocycles. The monoisotopic (exact) mass is 503 g/mol. The standard InChI is InChI=1S/C29H33N3O3S/c1-21(2)23-7-5-22(6-8-23)18-35-25-11-9-24(10-12-25)28(33)17-27-26-13-14-32(29(26)31-19-30-27)20-34-15-16-36(3)4/h5-14,19,21H,3,15-18,20H2,1-2,4H3. The van der Waals surface area contributed by atoms with Crippen molar-refractivity contribution in [2.75, 3.05) is 18.6 Å². The first-order valence-corrected chi connectivity index (χ1v) is 14.0. The number of hydrogen-bond donors (Lipinski definition) is 0. The van der Waals surface area contributed by atoms with E-state index < -0.39 is 0 Å². The van der Waals surface area contributed by atoms with Crippen molar-refractivity contribution in [3.8, 4) is 5.75 Å². The number of benzene rings is 2. The highest BCUT2D eigenvalue weighted by Gasteiger charge is 2.14. The summed E-state index contributed by atoms with van der Waals surface area (Å²) in [5.74, 6) is 6.18. The van der Waals surface area contributed by atoms with Gasteiger partial charge in [0.1, 0.15) is 31.1 Å². The number of ether oxygens (including phenoxy) is 2. The molecular weight excluding hydrogens is 470 g/mol. The van der Waals surface area contributed by atoms with Crippen molar-refractivity contribution in [2.24, 2.45) is 0 Å². The zero-order valence-electron chi connectivity index (χ0n) is 21.1. The number of hydrogen-bond acceptors (Lipinski definition) is 5. The van der Waals surface area contributed by atoms with Crippen molar-refractivity contribution in [3.63, 3.8) is 0 Å². The second-order valence-corrected chi connectivity index (χ2v) is 11.1. The Kier molecular flexibility index (Phi) is 8.67. The smallest absolute Gasteiger partial charge is 0.168 e. The average Bonchev–Trinajstić information content (AvgIpc) is 3.30. The van der Waals surface area contributed by atoms with Gasteiger partial charge >= 0.3 is 0 Å². The first-order valence-electron chi connectivity index (χ1n) is 12.0. The molecule has 2 aromatic carbocycles. The largest absolute Gasteiger partial charge is 0.489 e. The number of carbonyl (C=O) groups is 1. The third-order valence-electron chi connectivity index (χ3n) is 6.00. The number of carbonyl (C=O) groups excluding carboxylic acids is 1. The van der Waals surface area contributed by atoms with Gasteiger partial charge < -0.3 is 14.0 Å². The summed E-state index contributed by atoms with van der Waals surface area (Å²) in [6.45, 7) is 5.92. The first kappa shape index (κ1) is 25.8. The van der Waals surface area contributed by atoms with Crippen LogP contribution in [0.15, 0.2) is 67.1 Å². The van der Waals surface area contributed by atoms with E-state index in [1.54, 1.807) is 12.1 Å². The minimum atomic E-state index is 0.000231. The first-order chi connectivity index (χ1) is 17.4. The summed E-state index contributed by atoms with van der Waals surface area (Å²) in [5.41, 5.74) is 4.53. The maximum absolute atomic E-state index is 13.0. The molecule has 0 saturated heterocycles. The van der Waals surface area contributed by atoms with Crippen LogP contribution in [0.5, 0.6) is 5.75 Å². The number of ketones is 1. The summed E-state index contributed by atoms with van der Waals surface area (Å²) in [5, 5.41) is 0.866. The Labute approximate surface area is 215 Å². The molecule has 4 rings (SSSR count). The van der Waals surface area contributed by atoms with E-state index in [0.29, 0.717) is 37.1 Å². The van der Waals surface area contributed by atoms with E-state index >= 15 is 0 Å². The summed E-state index contributed by atoms with van der Waals surface area (Å²) in [7, 11) is 0.111. The summed E-state index contributed by atoms with van der Waals surface area (Å²) in [4.78, 5) is 21.8. The Hall–Kier alpha value is -3.29. The van der Waals surface area contributed by atoms with Crippen LogP contribution in [0.3, 0.4) is 0 Å². The highest BCUT2D eigenvalue weighted by atomic mass is 32.2. The predicted octanol–water partition coefficient (Wildman–Crippen LogP) is 5.86. The molecule has 0 spiro atoms. The van der Waals surface area contributed by atoms with E-state index in [-0.39, 0.29) is 22.7 Å². The van der Waals surface area contributed by atoms with Gasteiger partial charge in [-0.2, -0.15) is 10.5 Å². The Morgan fingerprint density at radius 1 is 1.06 bits per heavy atom. The third-order valence-corrected chi connectivity index (χ3v) is 6.86. The molecule has 1 atom stereocenters. The van der Waals surface area contributed by atoms with E-state index in [0.717, 1.165) is 28.1 Å². The van der Waals surface area contributed by atoms with Crippen LogP contribution in [0.2, 0.25) is 0 Å². The molecular formula is C29H33N3O3S. The second-order valence-electron chi connectivity index (χ2n) is 9.18. The molecule has 6 nitrogen and oxygen atoms in total. The molecule has 0 amide bonds. The average molecular weight is 504 g/mol.